The molecule has 0 fully saturated rings. The minimum absolute atomic E-state index is 0. The van der Waals surface area contributed by atoms with Gasteiger partial charge in [-0.3, -0.25) is 0 Å². The van der Waals surface area contributed by atoms with E-state index >= 15 is 0 Å². The predicted octanol–water partition coefficient (Wildman–Crippen LogP) is 13.8. The van der Waals surface area contributed by atoms with E-state index in [9.17, 15) is 0 Å². The van der Waals surface area contributed by atoms with Crippen molar-refractivity contribution in [2.75, 3.05) is 9.80 Å². The maximum absolute atomic E-state index is 6.66. The number of aromatic nitrogens is 3. The smallest absolute Gasteiger partial charge is 0.135 e. The largest absolute Gasteiger partial charge is 0.509 e. The van der Waals surface area contributed by atoms with Crippen molar-refractivity contribution in [2.45, 2.75) is 33.1 Å². The SMILES string of the molecule is Cc1ccc(N2C=CN(c3[c-]c(Oc4[c-]c5c(cc4)c4c6c(ccc4n5-c4cc(C(C)(C)C)ccn4)-n4c5ccccc5c5cccc(c54)-c4ccccc4-6)ccc3)[CH-]2)cc1.[Pt]. The molecule has 2 aliphatic rings. The van der Waals surface area contributed by atoms with Crippen molar-refractivity contribution in [1.82, 2.24) is 14.1 Å². The summed E-state index contributed by atoms with van der Waals surface area (Å²) in [7, 11) is 0. The zero-order valence-electron chi connectivity index (χ0n) is 34.6. The molecule has 0 amide bonds. The van der Waals surface area contributed by atoms with E-state index in [1.54, 1.807) is 0 Å². The summed E-state index contributed by atoms with van der Waals surface area (Å²) < 4.78 is 11.4. The standard InChI is InChI=1S/C55H40N5O.Pt/c1-35-19-21-37(22-20-35)57-29-30-58(34-57)38-11-9-12-39(32-38)61-40-23-24-46-50(33-40)59(51-31-36(27-28-56-51)55(2,3)4)48-25-26-49-52(53(46)48)43-15-6-5-13-41(43)44-16-10-17-45-42-14-7-8-18-47(42)60(49)54(44)45;/h5-31,34H,1-4H3;/q-3;. The van der Waals surface area contributed by atoms with Gasteiger partial charge in [-0.15, -0.1) is 48.1 Å². The van der Waals surface area contributed by atoms with Gasteiger partial charge in [0.1, 0.15) is 5.82 Å². The van der Waals surface area contributed by atoms with Crippen LogP contribution in [0.4, 0.5) is 11.4 Å². The van der Waals surface area contributed by atoms with Crippen molar-refractivity contribution in [3.05, 3.63) is 194 Å². The molecule has 0 N–H and O–H groups in total. The molecule has 0 saturated heterocycles. The number of aryl methyl sites for hydroxylation is 1. The van der Waals surface area contributed by atoms with Crippen LogP contribution in [0.5, 0.6) is 11.5 Å². The second-order valence-corrected chi connectivity index (χ2v) is 17.1. The van der Waals surface area contributed by atoms with E-state index in [0.29, 0.717) is 11.5 Å². The van der Waals surface area contributed by atoms with Crippen molar-refractivity contribution >= 4 is 55.0 Å². The van der Waals surface area contributed by atoms with E-state index < -0.39 is 0 Å². The van der Waals surface area contributed by atoms with Crippen LogP contribution in [0.1, 0.15) is 31.9 Å². The van der Waals surface area contributed by atoms with E-state index in [4.69, 9.17) is 9.72 Å². The average Bonchev–Trinajstić information content (AvgIpc) is 3.97. The maximum Gasteiger partial charge on any atom is 0.135 e. The van der Waals surface area contributed by atoms with Crippen molar-refractivity contribution in [3.63, 3.8) is 0 Å². The summed E-state index contributed by atoms with van der Waals surface area (Å²) in [6.07, 6.45) is 6.01. The summed E-state index contributed by atoms with van der Waals surface area (Å²) in [6, 6.07) is 59.2. The minimum Gasteiger partial charge on any atom is -0.509 e. The van der Waals surface area contributed by atoms with Crippen molar-refractivity contribution in [3.8, 4) is 45.3 Å². The summed E-state index contributed by atoms with van der Waals surface area (Å²) in [5.41, 5.74) is 14.6. The zero-order chi connectivity index (χ0) is 41.0. The summed E-state index contributed by atoms with van der Waals surface area (Å²) in [5.74, 6) is 2.03. The summed E-state index contributed by atoms with van der Waals surface area (Å²) in [5, 5.41) is 4.71. The molecule has 0 spiro atoms. The summed E-state index contributed by atoms with van der Waals surface area (Å²) in [6.45, 7) is 10.9. The fourth-order valence-electron chi connectivity index (χ4n) is 9.32. The first-order chi connectivity index (χ1) is 29.8. The number of benzene rings is 7. The Bertz CT molecular complexity index is 3440. The molecule has 7 aromatic carbocycles. The van der Waals surface area contributed by atoms with Crippen LogP contribution in [-0.2, 0) is 26.5 Å². The third-order valence-electron chi connectivity index (χ3n) is 12.3. The molecule has 5 heterocycles. The van der Waals surface area contributed by atoms with Crippen molar-refractivity contribution < 1.29 is 25.8 Å². The van der Waals surface area contributed by atoms with Crippen LogP contribution in [0.15, 0.2) is 164 Å². The van der Waals surface area contributed by atoms with Gasteiger partial charge in [0, 0.05) is 71.9 Å². The van der Waals surface area contributed by atoms with Crippen molar-refractivity contribution in [1.29, 1.82) is 0 Å². The molecule has 7 heteroatoms. The van der Waals surface area contributed by atoms with E-state index in [-0.39, 0.29) is 26.5 Å². The molecule has 0 radical (unpaired) electrons. The first kappa shape index (κ1) is 38.1. The Kier molecular flexibility index (Phi) is 8.82. The number of hydrogen-bond donors (Lipinski definition) is 0. The Balaban J connectivity index is 0.00000432. The van der Waals surface area contributed by atoms with Crippen LogP contribution in [0.3, 0.4) is 0 Å². The Morgan fingerprint density at radius 3 is 2.21 bits per heavy atom. The Labute approximate surface area is 375 Å². The van der Waals surface area contributed by atoms with Gasteiger partial charge in [0.25, 0.3) is 0 Å². The monoisotopic (exact) mass is 981 g/mol. The van der Waals surface area contributed by atoms with Crippen molar-refractivity contribution in [2.24, 2.45) is 0 Å². The predicted molar refractivity (Wildman–Crippen MR) is 250 cm³/mol. The molecule has 0 saturated carbocycles. The molecule has 10 aromatic rings. The Morgan fingerprint density at radius 2 is 1.35 bits per heavy atom. The molecule has 0 aliphatic carbocycles. The molecule has 2 aliphatic heterocycles. The van der Waals surface area contributed by atoms with Crippen LogP contribution in [0.2, 0.25) is 0 Å². The number of nitrogens with zero attached hydrogens (tertiary/aromatic N) is 5. The summed E-state index contributed by atoms with van der Waals surface area (Å²) in [4.78, 5) is 9.19. The molecule has 62 heavy (non-hydrogen) atoms. The summed E-state index contributed by atoms with van der Waals surface area (Å²) >= 11 is 0. The van der Waals surface area contributed by atoms with Gasteiger partial charge in [-0.2, -0.15) is 12.1 Å². The van der Waals surface area contributed by atoms with E-state index in [0.717, 1.165) is 44.7 Å². The van der Waals surface area contributed by atoms with Gasteiger partial charge in [-0.05, 0) is 89.3 Å². The number of ether oxygens (including phenoxy) is 1. The Morgan fingerprint density at radius 1 is 0.613 bits per heavy atom. The number of fused-ring (bicyclic) bond motifs is 12. The molecule has 6 nitrogen and oxygen atoms in total. The second kappa shape index (κ2) is 14.4. The molecule has 0 bridgehead atoms. The fraction of sp³-hybridized carbons (Fsp3) is 0.0909. The van der Waals surface area contributed by atoms with Crippen LogP contribution in [-0.4, -0.2) is 14.1 Å². The van der Waals surface area contributed by atoms with Gasteiger partial charge >= 0.3 is 0 Å². The number of hydrogen-bond acceptors (Lipinski definition) is 4. The average molecular weight is 982 g/mol. The van der Waals surface area contributed by atoms with E-state index in [1.807, 2.05) is 36.7 Å². The van der Waals surface area contributed by atoms with Gasteiger partial charge in [-0.1, -0.05) is 105 Å². The molecular weight excluding hydrogens is 942 g/mol. The van der Waals surface area contributed by atoms with Gasteiger partial charge in [0.15, 0.2) is 0 Å². The normalized spacial score (nSPS) is 13.2. The molecule has 304 valence electrons. The van der Waals surface area contributed by atoms with E-state index in [2.05, 4.69) is 193 Å². The third-order valence-corrected chi connectivity index (χ3v) is 12.3. The van der Waals surface area contributed by atoms with Crippen LogP contribution in [0.25, 0.3) is 77.4 Å². The van der Waals surface area contributed by atoms with Gasteiger partial charge < -0.3 is 23.7 Å². The number of pyridine rings is 1. The molecule has 0 unspecified atom stereocenters. The zero-order valence-corrected chi connectivity index (χ0v) is 36.9. The quantitative estimate of drug-likeness (QED) is 0.161. The molecular formula is C55H40N5OPt-3. The molecule has 0 atom stereocenters. The van der Waals surface area contributed by atoms with Gasteiger partial charge in [-0.25, -0.2) is 4.98 Å². The maximum atomic E-state index is 6.66. The number of para-hydroxylation sites is 2. The van der Waals surface area contributed by atoms with Gasteiger partial charge in [0.2, 0.25) is 0 Å². The topological polar surface area (TPSA) is 38.5 Å². The fourth-order valence-corrected chi connectivity index (χ4v) is 9.32. The number of anilines is 2. The first-order valence-electron chi connectivity index (χ1n) is 20.8. The molecule has 3 aromatic heterocycles. The second-order valence-electron chi connectivity index (χ2n) is 17.1. The first-order valence-corrected chi connectivity index (χ1v) is 20.8. The number of rotatable bonds is 5. The van der Waals surface area contributed by atoms with Crippen LogP contribution >= 0.6 is 0 Å². The minimum atomic E-state index is -0.0724. The van der Waals surface area contributed by atoms with Crippen LogP contribution in [0, 0.1) is 25.7 Å². The van der Waals surface area contributed by atoms with Crippen LogP contribution < -0.4 is 14.5 Å². The van der Waals surface area contributed by atoms with E-state index in [1.165, 1.54) is 55.2 Å². The Hall–Kier alpha value is -6.88. The van der Waals surface area contributed by atoms with Gasteiger partial charge in [0.05, 0.1) is 16.7 Å². The molecule has 12 rings (SSSR count). The third kappa shape index (κ3) is 5.92.